The number of hydrogen-bond donors (Lipinski definition) is 1. The number of benzene rings is 1. The summed E-state index contributed by atoms with van der Waals surface area (Å²) in [7, 11) is 0. The zero-order valence-corrected chi connectivity index (χ0v) is 14.4. The van der Waals surface area contributed by atoms with Gasteiger partial charge in [-0.2, -0.15) is 0 Å². The maximum atomic E-state index is 12.0. The molecule has 0 unspecified atom stereocenters. The number of ether oxygens (including phenoxy) is 2. The summed E-state index contributed by atoms with van der Waals surface area (Å²) in [6, 6.07) is 6.62. The zero-order valence-electron chi connectivity index (χ0n) is 14.4. The monoisotopic (exact) mass is 344 g/mol. The van der Waals surface area contributed by atoms with Crippen molar-refractivity contribution < 1.29 is 23.8 Å². The van der Waals surface area contributed by atoms with Crippen LogP contribution in [0.15, 0.2) is 45.1 Å². The fraction of sp³-hybridized carbons (Fsp3) is 0.368. The molecule has 0 spiro atoms. The third kappa shape index (κ3) is 3.58. The lowest BCUT2D eigenvalue weighted by atomic mass is 9.90. The zero-order chi connectivity index (χ0) is 18.2. The molecule has 0 aliphatic carbocycles. The molecule has 1 aliphatic heterocycles. The minimum absolute atomic E-state index is 0.195. The summed E-state index contributed by atoms with van der Waals surface area (Å²) < 4.78 is 16.7. The van der Waals surface area contributed by atoms with Crippen LogP contribution < -0.4 is 10.4 Å². The molecule has 6 nitrogen and oxygen atoms in total. The Morgan fingerprint density at radius 1 is 1.40 bits per heavy atom. The van der Waals surface area contributed by atoms with Gasteiger partial charge < -0.3 is 19.0 Å². The lowest BCUT2D eigenvalue weighted by Crippen LogP contribution is -2.48. The molecule has 0 saturated heterocycles. The van der Waals surface area contributed by atoms with Gasteiger partial charge in [0, 0.05) is 30.0 Å². The van der Waals surface area contributed by atoms with E-state index < -0.39 is 23.3 Å². The number of rotatable bonds is 3. The highest BCUT2D eigenvalue weighted by Gasteiger charge is 2.39. The van der Waals surface area contributed by atoms with Crippen molar-refractivity contribution in [3.05, 3.63) is 51.9 Å². The van der Waals surface area contributed by atoms with E-state index in [-0.39, 0.29) is 6.61 Å². The quantitative estimate of drug-likeness (QED) is 0.523. The molecule has 1 aromatic carbocycles. The van der Waals surface area contributed by atoms with Crippen LogP contribution in [-0.2, 0) is 16.0 Å². The van der Waals surface area contributed by atoms with Crippen molar-refractivity contribution in [3.63, 3.8) is 0 Å². The highest BCUT2D eigenvalue weighted by molar-refractivity contribution is 5.83. The van der Waals surface area contributed by atoms with Crippen LogP contribution in [0.3, 0.4) is 0 Å². The van der Waals surface area contributed by atoms with Crippen LogP contribution >= 0.6 is 0 Å². The van der Waals surface area contributed by atoms with Gasteiger partial charge in [0.05, 0.1) is 6.61 Å². The van der Waals surface area contributed by atoms with Gasteiger partial charge in [-0.3, -0.25) is 0 Å². The molecule has 132 valence electrons. The van der Waals surface area contributed by atoms with E-state index in [2.05, 4.69) is 0 Å². The molecule has 1 atom stereocenters. The first kappa shape index (κ1) is 17.2. The summed E-state index contributed by atoms with van der Waals surface area (Å²) in [6.45, 7) is 5.13. The van der Waals surface area contributed by atoms with Crippen LogP contribution in [0.25, 0.3) is 11.0 Å². The molecule has 0 saturated carbocycles. The Kier molecular flexibility index (Phi) is 4.39. The lowest BCUT2D eigenvalue weighted by molar-refractivity contribution is -0.155. The van der Waals surface area contributed by atoms with Gasteiger partial charge in [-0.15, -0.1) is 0 Å². The van der Waals surface area contributed by atoms with Crippen molar-refractivity contribution in [1.29, 1.82) is 0 Å². The Hall–Kier alpha value is -2.60. The molecule has 0 amide bonds. The molecular formula is C19H20O6. The van der Waals surface area contributed by atoms with Gasteiger partial charge in [0.1, 0.15) is 23.0 Å². The molecular weight excluding hydrogens is 324 g/mol. The summed E-state index contributed by atoms with van der Waals surface area (Å²) in [5.41, 5.74) is 0.702. The standard InChI is InChI=1S/C19H20O6/c1-11(10-20)6-18(22)24-16-8-13-7-12-4-5-17(21)23-14(12)9-15(13)25-19(16,2)3/h4-7,9,16,20H,8,10H2,1-3H3/b11-6+/t16-/m0/s1. The van der Waals surface area contributed by atoms with Crippen LogP contribution in [0.5, 0.6) is 5.75 Å². The van der Waals surface area contributed by atoms with Crippen LogP contribution in [0, 0.1) is 0 Å². The van der Waals surface area contributed by atoms with Crippen LogP contribution in [0.4, 0.5) is 0 Å². The number of aliphatic hydroxyl groups is 1. The number of carbonyl (C=O) groups excluding carboxylic acids is 1. The number of esters is 1. The van der Waals surface area contributed by atoms with Crippen molar-refractivity contribution >= 4 is 16.9 Å². The van der Waals surface area contributed by atoms with E-state index in [9.17, 15) is 9.59 Å². The van der Waals surface area contributed by atoms with E-state index in [4.69, 9.17) is 19.0 Å². The van der Waals surface area contributed by atoms with Crippen molar-refractivity contribution in [3.8, 4) is 5.75 Å². The second-order valence-electron chi connectivity index (χ2n) is 6.74. The van der Waals surface area contributed by atoms with E-state index in [0.29, 0.717) is 23.3 Å². The largest absolute Gasteiger partial charge is 0.484 e. The first-order chi connectivity index (χ1) is 11.8. The molecule has 0 bridgehead atoms. The first-order valence-electron chi connectivity index (χ1n) is 8.03. The molecule has 1 aliphatic rings. The Bertz CT molecular complexity index is 906. The molecule has 6 heteroatoms. The predicted octanol–water partition coefficient (Wildman–Crippen LogP) is 2.36. The highest BCUT2D eigenvalue weighted by atomic mass is 16.6. The maximum absolute atomic E-state index is 12.0. The summed E-state index contributed by atoms with van der Waals surface area (Å²) in [6.07, 6.45) is 1.28. The summed E-state index contributed by atoms with van der Waals surface area (Å²) in [4.78, 5) is 23.4. The van der Waals surface area contributed by atoms with Crippen molar-refractivity contribution in [2.45, 2.75) is 38.9 Å². The molecule has 1 N–H and O–H groups in total. The number of aliphatic hydroxyl groups excluding tert-OH is 1. The fourth-order valence-electron chi connectivity index (χ4n) is 2.80. The van der Waals surface area contributed by atoms with Gasteiger partial charge in [0.25, 0.3) is 0 Å². The van der Waals surface area contributed by atoms with Crippen LogP contribution in [0.2, 0.25) is 0 Å². The summed E-state index contributed by atoms with van der Waals surface area (Å²) in [5.74, 6) is 0.102. The second-order valence-corrected chi connectivity index (χ2v) is 6.74. The molecule has 2 heterocycles. The minimum Gasteiger partial charge on any atom is -0.484 e. The van der Waals surface area contributed by atoms with Gasteiger partial charge in [0.15, 0.2) is 0 Å². The van der Waals surface area contributed by atoms with E-state index in [1.165, 1.54) is 12.1 Å². The van der Waals surface area contributed by atoms with E-state index in [1.807, 2.05) is 19.9 Å². The Morgan fingerprint density at radius 3 is 2.88 bits per heavy atom. The third-order valence-electron chi connectivity index (χ3n) is 4.23. The summed E-state index contributed by atoms with van der Waals surface area (Å²) in [5, 5.41) is 9.79. The van der Waals surface area contributed by atoms with E-state index in [1.54, 1.807) is 19.1 Å². The number of carbonyl (C=O) groups is 1. The maximum Gasteiger partial charge on any atom is 0.336 e. The highest BCUT2D eigenvalue weighted by Crippen LogP contribution is 2.37. The Morgan fingerprint density at radius 2 is 2.16 bits per heavy atom. The van der Waals surface area contributed by atoms with Crippen molar-refractivity contribution in [1.82, 2.24) is 0 Å². The molecule has 2 aromatic rings. The van der Waals surface area contributed by atoms with E-state index in [0.717, 1.165) is 10.9 Å². The molecule has 1 aromatic heterocycles. The molecule has 3 rings (SSSR count). The average Bonchev–Trinajstić information content (AvgIpc) is 2.53. The Labute approximate surface area is 144 Å². The van der Waals surface area contributed by atoms with E-state index >= 15 is 0 Å². The molecule has 0 radical (unpaired) electrons. The topological polar surface area (TPSA) is 86.0 Å². The van der Waals surface area contributed by atoms with Crippen LogP contribution in [-0.4, -0.2) is 29.4 Å². The Balaban J connectivity index is 1.92. The molecule has 25 heavy (non-hydrogen) atoms. The average molecular weight is 344 g/mol. The smallest absolute Gasteiger partial charge is 0.336 e. The number of fused-ring (bicyclic) bond motifs is 2. The first-order valence-corrected chi connectivity index (χ1v) is 8.03. The second kappa shape index (κ2) is 6.37. The SMILES string of the molecule is C/C(=C\C(=O)O[C@H]1Cc2cc3ccc(=O)oc3cc2OC1(C)C)CO. The third-order valence-corrected chi connectivity index (χ3v) is 4.23. The molecule has 0 fully saturated rings. The van der Waals surface area contributed by atoms with Gasteiger partial charge in [0.2, 0.25) is 0 Å². The van der Waals surface area contributed by atoms with Gasteiger partial charge in [-0.1, -0.05) is 0 Å². The fourth-order valence-corrected chi connectivity index (χ4v) is 2.80. The lowest BCUT2D eigenvalue weighted by Gasteiger charge is -2.39. The van der Waals surface area contributed by atoms with Crippen LogP contribution in [0.1, 0.15) is 26.3 Å². The summed E-state index contributed by atoms with van der Waals surface area (Å²) >= 11 is 0. The van der Waals surface area contributed by atoms with Gasteiger partial charge in [-0.05, 0) is 44.0 Å². The van der Waals surface area contributed by atoms with Crippen molar-refractivity contribution in [2.24, 2.45) is 0 Å². The van der Waals surface area contributed by atoms with Gasteiger partial charge in [-0.25, -0.2) is 9.59 Å². The minimum atomic E-state index is -0.744. The van der Waals surface area contributed by atoms with Gasteiger partial charge >= 0.3 is 11.6 Å². The predicted molar refractivity (Wildman–Crippen MR) is 91.6 cm³/mol. The normalized spacial score (nSPS) is 19.2. The number of hydrogen-bond acceptors (Lipinski definition) is 6. The van der Waals surface area contributed by atoms with Crippen molar-refractivity contribution in [2.75, 3.05) is 6.61 Å².